The first-order chi connectivity index (χ1) is 10.2. The first kappa shape index (κ1) is 13.8. The Hall–Kier alpha value is -2.15. The van der Waals surface area contributed by atoms with Gasteiger partial charge in [0.15, 0.2) is 18.2 Å². The van der Waals surface area contributed by atoms with Crippen molar-refractivity contribution in [3.05, 3.63) is 12.1 Å². The fraction of sp³-hybridized carbons (Fsp3) is 0.500. The molecule has 2 aliphatic heterocycles. The number of fused-ring (bicyclic) bond motifs is 1. The number of hydrogen-bond acceptors (Lipinski definition) is 5. The first-order valence-electron chi connectivity index (χ1n) is 6.90. The van der Waals surface area contributed by atoms with Crippen LogP contribution in [0.1, 0.15) is 12.8 Å². The van der Waals surface area contributed by atoms with E-state index in [1.807, 2.05) is 0 Å². The molecule has 0 radical (unpaired) electrons. The van der Waals surface area contributed by atoms with E-state index in [2.05, 4.69) is 10.3 Å². The van der Waals surface area contributed by atoms with Gasteiger partial charge in [-0.25, -0.2) is 4.98 Å². The summed E-state index contributed by atoms with van der Waals surface area (Å²) in [5.41, 5.74) is 0. The average molecular weight is 291 g/mol. The highest BCUT2D eigenvalue weighted by Gasteiger charge is 2.31. The molecule has 1 aromatic rings. The van der Waals surface area contributed by atoms with Gasteiger partial charge >= 0.3 is 0 Å². The molecule has 7 heteroatoms. The van der Waals surface area contributed by atoms with Crippen molar-refractivity contribution in [3.63, 3.8) is 0 Å². The maximum absolute atomic E-state index is 12.1. The molecule has 0 saturated carbocycles. The van der Waals surface area contributed by atoms with Gasteiger partial charge in [-0.3, -0.25) is 14.5 Å². The third-order valence-corrected chi connectivity index (χ3v) is 3.67. The molecule has 0 bridgehead atoms. The van der Waals surface area contributed by atoms with E-state index in [9.17, 15) is 9.59 Å². The number of hydrogen-bond donors (Lipinski definition) is 1. The van der Waals surface area contributed by atoms with Gasteiger partial charge in [0.05, 0.1) is 0 Å². The van der Waals surface area contributed by atoms with Gasteiger partial charge in [0.2, 0.25) is 5.91 Å². The van der Waals surface area contributed by atoms with Crippen LogP contribution in [0.15, 0.2) is 12.1 Å². The number of ether oxygens (including phenoxy) is 2. The van der Waals surface area contributed by atoms with Crippen LogP contribution in [0, 0.1) is 5.92 Å². The minimum atomic E-state index is -0.238. The fourth-order valence-electron chi connectivity index (χ4n) is 2.58. The van der Waals surface area contributed by atoms with Crippen molar-refractivity contribution in [2.24, 2.45) is 5.92 Å². The molecule has 3 heterocycles. The van der Waals surface area contributed by atoms with Crippen LogP contribution in [-0.4, -0.2) is 43.7 Å². The number of anilines is 2. The van der Waals surface area contributed by atoms with Gasteiger partial charge in [-0.15, -0.1) is 0 Å². The molecule has 0 unspecified atom stereocenters. The number of methoxy groups -OCH3 is 1. The highest BCUT2D eigenvalue weighted by molar-refractivity contribution is 5.97. The molecule has 112 valence electrons. The summed E-state index contributed by atoms with van der Waals surface area (Å²) in [5, 5.41) is 2.65. The molecule has 1 atom stereocenters. The minimum Gasteiger partial charge on any atom is -0.480 e. The second kappa shape index (κ2) is 5.69. The number of rotatable bonds is 4. The lowest BCUT2D eigenvalue weighted by Crippen LogP contribution is -2.29. The average Bonchev–Trinajstić information content (AvgIpc) is 2.85. The van der Waals surface area contributed by atoms with E-state index in [0.717, 1.165) is 6.42 Å². The van der Waals surface area contributed by atoms with E-state index < -0.39 is 0 Å². The van der Waals surface area contributed by atoms with Gasteiger partial charge in [0.1, 0.15) is 5.82 Å². The van der Waals surface area contributed by atoms with Crippen molar-refractivity contribution >= 4 is 23.5 Å². The fourth-order valence-corrected chi connectivity index (χ4v) is 2.58. The summed E-state index contributed by atoms with van der Waals surface area (Å²) in [5.74, 6) is 1.54. The van der Waals surface area contributed by atoms with Gasteiger partial charge < -0.3 is 14.8 Å². The molecule has 1 aromatic heterocycles. The van der Waals surface area contributed by atoms with Crippen molar-refractivity contribution in [2.75, 3.05) is 37.1 Å². The Morgan fingerprint density at radius 1 is 1.48 bits per heavy atom. The molecule has 1 N–H and O–H groups in total. The van der Waals surface area contributed by atoms with Crippen LogP contribution in [0.3, 0.4) is 0 Å². The molecule has 7 nitrogen and oxygen atoms in total. The highest BCUT2D eigenvalue weighted by Crippen LogP contribution is 2.31. The summed E-state index contributed by atoms with van der Waals surface area (Å²) < 4.78 is 10.3. The van der Waals surface area contributed by atoms with Crippen molar-refractivity contribution in [3.8, 4) is 5.75 Å². The molecule has 0 aromatic carbocycles. The minimum absolute atomic E-state index is 0.00420. The number of carbonyl (C=O) groups is 2. The number of pyridine rings is 1. The Bertz CT molecular complexity index is 575. The molecule has 3 rings (SSSR count). The maximum atomic E-state index is 12.1. The zero-order chi connectivity index (χ0) is 14.8. The van der Waals surface area contributed by atoms with E-state index in [1.54, 1.807) is 24.1 Å². The highest BCUT2D eigenvalue weighted by atomic mass is 16.5. The topological polar surface area (TPSA) is 80.8 Å². The molecule has 0 aliphatic carbocycles. The predicted octanol–water partition coefficient (Wildman–Crippen LogP) is 0.802. The number of nitrogens with one attached hydrogen (secondary N) is 1. The van der Waals surface area contributed by atoms with Crippen LogP contribution in [0.25, 0.3) is 0 Å². The van der Waals surface area contributed by atoms with Crippen molar-refractivity contribution < 1.29 is 19.1 Å². The van der Waals surface area contributed by atoms with E-state index >= 15 is 0 Å². The summed E-state index contributed by atoms with van der Waals surface area (Å²) in [6.45, 7) is 1.27. The Kier molecular flexibility index (Phi) is 3.74. The van der Waals surface area contributed by atoms with Crippen LogP contribution in [-0.2, 0) is 14.3 Å². The molecule has 1 fully saturated rings. The van der Waals surface area contributed by atoms with Crippen molar-refractivity contribution in [1.82, 2.24) is 4.98 Å². The molecule has 21 heavy (non-hydrogen) atoms. The summed E-state index contributed by atoms with van der Waals surface area (Å²) in [7, 11) is 1.66. The zero-order valence-electron chi connectivity index (χ0n) is 11.8. The monoisotopic (exact) mass is 291 g/mol. The number of carbonyl (C=O) groups excluding carboxylic acids is 2. The van der Waals surface area contributed by atoms with Crippen molar-refractivity contribution in [1.29, 1.82) is 0 Å². The second-order valence-electron chi connectivity index (χ2n) is 5.21. The van der Waals surface area contributed by atoms with Gasteiger partial charge in [-0.05, 0) is 24.5 Å². The standard InChI is InChI=1S/C14H17N3O4/c1-20-5-4-9-6-13(19)17(7-9)11-3-2-10-14(15-11)16-12(18)8-21-10/h2-3,9H,4-8H2,1H3,(H,15,16,18)/t9-/m0/s1. The molecule has 2 amide bonds. The van der Waals surface area contributed by atoms with Crippen LogP contribution in [0.2, 0.25) is 0 Å². The maximum Gasteiger partial charge on any atom is 0.263 e. The first-order valence-corrected chi connectivity index (χ1v) is 6.90. The van der Waals surface area contributed by atoms with Gasteiger partial charge in [0, 0.05) is 26.7 Å². The van der Waals surface area contributed by atoms with Crippen LogP contribution in [0.5, 0.6) is 5.75 Å². The number of amides is 2. The Morgan fingerprint density at radius 2 is 2.33 bits per heavy atom. The van der Waals surface area contributed by atoms with Crippen LogP contribution < -0.4 is 15.0 Å². The van der Waals surface area contributed by atoms with E-state index in [1.165, 1.54) is 0 Å². The molecule has 2 aliphatic rings. The number of nitrogens with zero attached hydrogens (tertiary/aromatic N) is 2. The molecular formula is C14H17N3O4. The normalized spacial score (nSPS) is 21.0. The van der Waals surface area contributed by atoms with Gasteiger partial charge in [-0.2, -0.15) is 0 Å². The summed E-state index contributed by atoms with van der Waals surface area (Å²) in [4.78, 5) is 29.4. The van der Waals surface area contributed by atoms with Crippen molar-refractivity contribution in [2.45, 2.75) is 12.8 Å². The number of aromatic nitrogens is 1. The van der Waals surface area contributed by atoms with Crippen LogP contribution in [0.4, 0.5) is 11.6 Å². The SMILES string of the molecule is COCC[C@H]1CC(=O)N(c2ccc3c(n2)NC(=O)CO3)C1. The third kappa shape index (κ3) is 2.82. The molecule has 1 saturated heterocycles. The lowest BCUT2D eigenvalue weighted by molar-refractivity contribution is -0.119. The van der Waals surface area contributed by atoms with E-state index in [0.29, 0.717) is 37.0 Å². The Balaban J connectivity index is 1.76. The Morgan fingerprint density at radius 3 is 3.14 bits per heavy atom. The van der Waals surface area contributed by atoms with E-state index in [-0.39, 0.29) is 24.3 Å². The summed E-state index contributed by atoms with van der Waals surface area (Å²) >= 11 is 0. The van der Waals surface area contributed by atoms with E-state index in [4.69, 9.17) is 9.47 Å². The largest absolute Gasteiger partial charge is 0.480 e. The van der Waals surface area contributed by atoms with Gasteiger partial charge in [0.25, 0.3) is 5.91 Å². The van der Waals surface area contributed by atoms with Gasteiger partial charge in [-0.1, -0.05) is 0 Å². The third-order valence-electron chi connectivity index (χ3n) is 3.67. The quantitative estimate of drug-likeness (QED) is 0.887. The van der Waals surface area contributed by atoms with Crippen LogP contribution >= 0.6 is 0 Å². The molecule has 0 spiro atoms. The summed E-state index contributed by atoms with van der Waals surface area (Å²) in [6.07, 6.45) is 1.36. The predicted molar refractivity (Wildman–Crippen MR) is 75.3 cm³/mol. The Labute approximate surface area is 122 Å². The summed E-state index contributed by atoms with van der Waals surface area (Å²) in [6, 6.07) is 3.47. The second-order valence-corrected chi connectivity index (χ2v) is 5.21. The lowest BCUT2D eigenvalue weighted by atomic mass is 10.1. The smallest absolute Gasteiger partial charge is 0.263 e. The zero-order valence-corrected chi connectivity index (χ0v) is 11.8. The molecular weight excluding hydrogens is 274 g/mol. The lowest BCUT2D eigenvalue weighted by Gasteiger charge is -2.20.